The molecule has 1 aliphatic rings. The maximum Gasteiger partial charge on any atom is 0.222 e. The third kappa shape index (κ3) is 4.55. The van der Waals surface area contributed by atoms with Gasteiger partial charge in [-0.1, -0.05) is 13.3 Å². The normalized spacial score (nSPS) is 16.4. The second-order valence-electron chi connectivity index (χ2n) is 6.42. The van der Waals surface area contributed by atoms with Gasteiger partial charge in [0, 0.05) is 45.1 Å². The van der Waals surface area contributed by atoms with Gasteiger partial charge in [-0.2, -0.15) is 0 Å². The van der Waals surface area contributed by atoms with Gasteiger partial charge in [-0.15, -0.1) is 0 Å². The van der Waals surface area contributed by atoms with Crippen LogP contribution in [0, 0.1) is 0 Å². The van der Waals surface area contributed by atoms with Gasteiger partial charge in [-0.3, -0.25) is 4.90 Å². The largest absolute Gasteiger partial charge is 0.460 e. The van der Waals surface area contributed by atoms with E-state index in [1.54, 1.807) is 0 Å². The summed E-state index contributed by atoms with van der Waals surface area (Å²) < 4.78 is 5.98. The Bertz CT molecular complexity index is 617. The van der Waals surface area contributed by atoms with Crippen molar-refractivity contribution in [3.05, 3.63) is 30.3 Å². The lowest BCUT2D eigenvalue weighted by molar-refractivity contribution is 0.140. The van der Waals surface area contributed by atoms with E-state index in [0.29, 0.717) is 5.95 Å². The Morgan fingerprint density at radius 3 is 2.58 bits per heavy atom. The number of furan rings is 1. The Hall–Kier alpha value is -1.92. The highest BCUT2D eigenvalue weighted by molar-refractivity contribution is 5.55. The predicted molar refractivity (Wildman–Crippen MR) is 95.9 cm³/mol. The van der Waals surface area contributed by atoms with Crippen molar-refractivity contribution in [3.8, 4) is 11.3 Å². The molecule has 1 N–H and O–H groups in total. The van der Waals surface area contributed by atoms with E-state index in [0.717, 1.165) is 69.2 Å². The van der Waals surface area contributed by atoms with Crippen LogP contribution >= 0.6 is 0 Å². The summed E-state index contributed by atoms with van der Waals surface area (Å²) in [6.07, 6.45) is 5.92. The number of rotatable bonds is 7. The number of likely N-dealkylation sites (N-methyl/N-ethyl adjacent to an activating group) is 1. The maximum absolute atomic E-state index is 5.98. The summed E-state index contributed by atoms with van der Waals surface area (Å²) in [4.78, 5) is 13.5. The maximum atomic E-state index is 5.98. The molecular weight excluding hydrogens is 302 g/mol. The van der Waals surface area contributed by atoms with Crippen molar-refractivity contribution >= 4 is 5.95 Å². The summed E-state index contributed by atoms with van der Waals surface area (Å²) >= 11 is 0. The van der Waals surface area contributed by atoms with Crippen LogP contribution in [0.5, 0.6) is 0 Å². The van der Waals surface area contributed by atoms with Crippen molar-refractivity contribution in [3.63, 3.8) is 0 Å². The highest BCUT2D eigenvalue weighted by Crippen LogP contribution is 2.22. The lowest BCUT2D eigenvalue weighted by atomic mass is 10.2. The molecule has 0 amide bonds. The van der Waals surface area contributed by atoms with Crippen LogP contribution in [0.4, 0.5) is 5.95 Å². The minimum absolute atomic E-state index is 0.677. The Balaban J connectivity index is 1.56. The van der Waals surface area contributed by atoms with Gasteiger partial charge < -0.3 is 14.6 Å². The van der Waals surface area contributed by atoms with Crippen LogP contribution in [0.25, 0.3) is 11.3 Å². The summed E-state index contributed by atoms with van der Waals surface area (Å²) in [5, 5.41) is 3.22. The molecule has 0 unspecified atom stereocenters. The fraction of sp³-hybridized carbons (Fsp3) is 0.556. The zero-order chi connectivity index (χ0) is 16.8. The molecular formula is C18H27N5O. The van der Waals surface area contributed by atoms with Crippen LogP contribution < -0.4 is 5.32 Å². The van der Waals surface area contributed by atoms with Crippen LogP contribution in [0.3, 0.4) is 0 Å². The fourth-order valence-electron chi connectivity index (χ4n) is 2.77. The molecule has 130 valence electrons. The average molecular weight is 329 g/mol. The number of nitrogens with zero attached hydrogens (tertiary/aromatic N) is 4. The standard InChI is InChI=1S/C18H27N5O/c1-3-4-7-19-18-20-12-15(13-21-18)17-6-5-16(24-17)14-23-10-8-22(2)9-11-23/h5-6,12-13H,3-4,7-11,14H2,1-2H3,(H,19,20,21). The minimum Gasteiger partial charge on any atom is -0.460 e. The van der Waals surface area contributed by atoms with E-state index in [-0.39, 0.29) is 0 Å². The predicted octanol–water partition coefficient (Wildman–Crippen LogP) is 2.70. The van der Waals surface area contributed by atoms with Crippen molar-refractivity contribution in [2.75, 3.05) is 45.1 Å². The lowest BCUT2D eigenvalue weighted by Crippen LogP contribution is -2.43. The highest BCUT2D eigenvalue weighted by atomic mass is 16.3. The highest BCUT2D eigenvalue weighted by Gasteiger charge is 2.15. The van der Waals surface area contributed by atoms with Gasteiger partial charge in [0.1, 0.15) is 11.5 Å². The van der Waals surface area contributed by atoms with Crippen molar-refractivity contribution in [2.45, 2.75) is 26.3 Å². The lowest BCUT2D eigenvalue weighted by Gasteiger charge is -2.31. The molecule has 1 saturated heterocycles. The Labute approximate surface area is 143 Å². The molecule has 24 heavy (non-hydrogen) atoms. The molecule has 2 aromatic heterocycles. The summed E-state index contributed by atoms with van der Waals surface area (Å²) in [7, 11) is 2.17. The van der Waals surface area contributed by atoms with Crippen LogP contribution in [-0.2, 0) is 6.54 Å². The van der Waals surface area contributed by atoms with Gasteiger partial charge in [0.15, 0.2) is 0 Å². The molecule has 0 atom stereocenters. The number of hydrogen-bond acceptors (Lipinski definition) is 6. The van der Waals surface area contributed by atoms with Crippen molar-refractivity contribution in [1.29, 1.82) is 0 Å². The third-order valence-electron chi connectivity index (χ3n) is 4.39. The van der Waals surface area contributed by atoms with Gasteiger partial charge in [-0.05, 0) is 25.6 Å². The van der Waals surface area contributed by atoms with Crippen LogP contribution in [-0.4, -0.2) is 59.5 Å². The smallest absolute Gasteiger partial charge is 0.222 e. The number of anilines is 1. The fourth-order valence-corrected chi connectivity index (χ4v) is 2.77. The number of aromatic nitrogens is 2. The Kier molecular flexibility index (Phi) is 5.82. The minimum atomic E-state index is 0.677. The molecule has 1 aliphatic heterocycles. The zero-order valence-electron chi connectivity index (χ0n) is 14.7. The first kappa shape index (κ1) is 16.9. The molecule has 0 aliphatic carbocycles. The van der Waals surface area contributed by atoms with E-state index < -0.39 is 0 Å². The van der Waals surface area contributed by atoms with Crippen LogP contribution in [0.1, 0.15) is 25.5 Å². The van der Waals surface area contributed by atoms with Gasteiger partial charge in [0.05, 0.1) is 12.1 Å². The molecule has 0 aromatic carbocycles. The summed E-state index contributed by atoms with van der Waals surface area (Å²) in [5.74, 6) is 2.51. The molecule has 0 saturated carbocycles. The zero-order valence-corrected chi connectivity index (χ0v) is 14.7. The first-order valence-corrected chi connectivity index (χ1v) is 8.80. The first-order chi connectivity index (χ1) is 11.7. The van der Waals surface area contributed by atoms with E-state index in [2.05, 4.69) is 45.1 Å². The summed E-state index contributed by atoms with van der Waals surface area (Å²) in [6.45, 7) is 8.36. The quantitative estimate of drug-likeness (QED) is 0.788. The molecule has 0 bridgehead atoms. The summed E-state index contributed by atoms with van der Waals surface area (Å²) in [5.41, 5.74) is 0.917. The number of piperazine rings is 1. The first-order valence-electron chi connectivity index (χ1n) is 8.80. The molecule has 1 fully saturated rings. The summed E-state index contributed by atoms with van der Waals surface area (Å²) in [6, 6.07) is 4.06. The molecule has 3 heterocycles. The van der Waals surface area contributed by atoms with Crippen molar-refractivity contribution in [2.24, 2.45) is 0 Å². The van der Waals surface area contributed by atoms with E-state index in [1.165, 1.54) is 0 Å². The number of unbranched alkanes of at least 4 members (excludes halogenated alkanes) is 1. The molecule has 6 nitrogen and oxygen atoms in total. The van der Waals surface area contributed by atoms with E-state index in [9.17, 15) is 0 Å². The molecule has 6 heteroatoms. The van der Waals surface area contributed by atoms with E-state index in [4.69, 9.17) is 4.42 Å². The molecule has 2 aromatic rings. The van der Waals surface area contributed by atoms with E-state index >= 15 is 0 Å². The number of nitrogens with one attached hydrogen (secondary N) is 1. The van der Waals surface area contributed by atoms with Gasteiger partial charge in [-0.25, -0.2) is 9.97 Å². The van der Waals surface area contributed by atoms with Crippen molar-refractivity contribution < 1.29 is 4.42 Å². The SMILES string of the molecule is CCCCNc1ncc(-c2ccc(CN3CCN(C)CC3)o2)cn1. The van der Waals surface area contributed by atoms with Gasteiger partial charge in [0.2, 0.25) is 5.95 Å². The Morgan fingerprint density at radius 1 is 1.12 bits per heavy atom. The second-order valence-corrected chi connectivity index (χ2v) is 6.42. The molecule has 0 spiro atoms. The molecule has 3 rings (SSSR count). The second kappa shape index (κ2) is 8.26. The van der Waals surface area contributed by atoms with Gasteiger partial charge in [0.25, 0.3) is 0 Å². The van der Waals surface area contributed by atoms with Crippen molar-refractivity contribution in [1.82, 2.24) is 19.8 Å². The average Bonchev–Trinajstić information content (AvgIpc) is 3.06. The monoisotopic (exact) mass is 329 g/mol. The van der Waals surface area contributed by atoms with Gasteiger partial charge >= 0.3 is 0 Å². The topological polar surface area (TPSA) is 57.4 Å². The van der Waals surface area contributed by atoms with Crippen LogP contribution in [0.15, 0.2) is 28.9 Å². The number of hydrogen-bond donors (Lipinski definition) is 1. The molecule has 0 radical (unpaired) electrons. The third-order valence-corrected chi connectivity index (χ3v) is 4.39. The van der Waals surface area contributed by atoms with Crippen LogP contribution in [0.2, 0.25) is 0 Å². The Morgan fingerprint density at radius 2 is 1.88 bits per heavy atom. The van der Waals surface area contributed by atoms with E-state index in [1.807, 2.05) is 18.5 Å².